The van der Waals surface area contributed by atoms with Crippen molar-refractivity contribution in [2.24, 2.45) is 5.92 Å². The van der Waals surface area contributed by atoms with E-state index in [0.717, 1.165) is 6.54 Å². The smallest absolute Gasteiger partial charge is 0.140 e. The van der Waals surface area contributed by atoms with Gasteiger partial charge in [-0.05, 0) is 6.92 Å². The molecule has 0 radical (unpaired) electrons. The van der Waals surface area contributed by atoms with E-state index >= 15 is 0 Å². The lowest BCUT2D eigenvalue weighted by atomic mass is 10.0. The number of carbonyl (C=O) groups excluding carboxylic acids is 1. The summed E-state index contributed by atoms with van der Waals surface area (Å²) >= 11 is 0. The van der Waals surface area contributed by atoms with Gasteiger partial charge in [-0.1, -0.05) is 32.9 Å². The maximum absolute atomic E-state index is 11.4. The zero-order chi connectivity index (χ0) is 10.3. The first-order chi connectivity index (χ1) is 6.07. The molecule has 1 unspecified atom stereocenters. The summed E-state index contributed by atoms with van der Waals surface area (Å²) in [5.74, 6) is 0.380. The van der Waals surface area contributed by atoms with Crippen LogP contribution in [0.2, 0.25) is 0 Å². The first kappa shape index (κ1) is 12.4. The van der Waals surface area contributed by atoms with Gasteiger partial charge in [-0.3, -0.25) is 4.79 Å². The maximum Gasteiger partial charge on any atom is 0.140 e. The van der Waals surface area contributed by atoms with Crippen molar-refractivity contribution in [1.29, 1.82) is 0 Å². The highest BCUT2D eigenvalue weighted by atomic mass is 16.1. The van der Waals surface area contributed by atoms with Gasteiger partial charge in [0.1, 0.15) is 5.78 Å². The number of allylic oxidation sites excluding steroid dienone is 2. The summed E-state index contributed by atoms with van der Waals surface area (Å²) in [7, 11) is 0. The van der Waals surface area contributed by atoms with Crippen molar-refractivity contribution in [3.05, 3.63) is 12.2 Å². The monoisotopic (exact) mass is 183 g/mol. The first-order valence-electron chi connectivity index (χ1n) is 4.96. The number of nitrogens with one attached hydrogen (secondary N) is 1. The minimum atomic E-state index is 0.0685. The lowest BCUT2D eigenvalue weighted by Crippen LogP contribution is -2.26. The van der Waals surface area contributed by atoms with Crippen molar-refractivity contribution in [2.45, 2.75) is 40.2 Å². The van der Waals surface area contributed by atoms with Crippen LogP contribution in [0.15, 0.2) is 12.2 Å². The van der Waals surface area contributed by atoms with Gasteiger partial charge >= 0.3 is 0 Å². The van der Waals surface area contributed by atoms with Gasteiger partial charge < -0.3 is 5.32 Å². The van der Waals surface area contributed by atoms with Gasteiger partial charge in [0.25, 0.3) is 0 Å². The van der Waals surface area contributed by atoms with E-state index in [-0.39, 0.29) is 5.92 Å². The van der Waals surface area contributed by atoms with Crippen LogP contribution in [-0.4, -0.2) is 18.4 Å². The molecule has 1 N–H and O–H groups in total. The molecule has 0 fully saturated rings. The third-order valence-corrected chi connectivity index (χ3v) is 1.91. The van der Waals surface area contributed by atoms with Crippen LogP contribution < -0.4 is 5.32 Å². The van der Waals surface area contributed by atoms with Crippen molar-refractivity contribution >= 4 is 5.78 Å². The third-order valence-electron chi connectivity index (χ3n) is 1.91. The van der Waals surface area contributed by atoms with Crippen LogP contribution >= 0.6 is 0 Å². The Morgan fingerprint density at radius 3 is 2.46 bits per heavy atom. The topological polar surface area (TPSA) is 29.1 Å². The first-order valence-corrected chi connectivity index (χ1v) is 4.96. The van der Waals surface area contributed by atoms with E-state index in [2.05, 4.69) is 19.2 Å². The molecule has 0 aliphatic heterocycles. The van der Waals surface area contributed by atoms with E-state index in [1.807, 2.05) is 26.0 Å². The highest BCUT2D eigenvalue weighted by molar-refractivity contribution is 5.82. The lowest BCUT2D eigenvalue weighted by Gasteiger charge is -2.08. The molecule has 0 aliphatic rings. The molecule has 0 spiro atoms. The molecule has 0 bridgehead atoms. The van der Waals surface area contributed by atoms with E-state index in [9.17, 15) is 4.79 Å². The SMILES string of the molecule is CC=CC(C)C(=O)CCNC(C)C. The van der Waals surface area contributed by atoms with Crippen LogP contribution in [-0.2, 0) is 4.79 Å². The van der Waals surface area contributed by atoms with E-state index in [1.54, 1.807) is 0 Å². The Labute approximate surface area is 81.4 Å². The van der Waals surface area contributed by atoms with Crippen LogP contribution in [0.1, 0.15) is 34.1 Å². The van der Waals surface area contributed by atoms with Crippen molar-refractivity contribution in [2.75, 3.05) is 6.54 Å². The lowest BCUT2D eigenvalue weighted by molar-refractivity contribution is -0.121. The molecular formula is C11H21NO. The van der Waals surface area contributed by atoms with Gasteiger partial charge in [-0.2, -0.15) is 0 Å². The fourth-order valence-corrected chi connectivity index (χ4v) is 1.11. The standard InChI is InChI=1S/C11H21NO/c1-5-6-10(4)11(13)7-8-12-9(2)3/h5-6,9-10,12H,7-8H2,1-4H3. The summed E-state index contributed by atoms with van der Waals surface area (Å²) in [6, 6.07) is 0.463. The molecule has 0 heterocycles. The maximum atomic E-state index is 11.4. The Morgan fingerprint density at radius 1 is 1.38 bits per heavy atom. The number of ketones is 1. The van der Waals surface area contributed by atoms with E-state index in [4.69, 9.17) is 0 Å². The van der Waals surface area contributed by atoms with Crippen LogP contribution in [0.5, 0.6) is 0 Å². The summed E-state index contributed by atoms with van der Waals surface area (Å²) in [5, 5.41) is 3.23. The second-order valence-corrected chi connectivity index (χ2v) is 3.64. The highest BCUT2D eigenvalue weighted by Gasteiger charge is 2.08. The molecule has 1 atom stereocenters. The minimum absolute atomic E-state index is 0.0685. The molecule has 0 saturated heterocycles. The second-order valence-electron chi connectivity index (χ2n) is 3.64. The number of Topliss-reactive ketones (excluding diaryl/α,β-unsaturated/α-hetero) is 1. The molecule has 0 aliphatic carbocycles. The van der Waals surface area contributed by atoms with Gasteiger partial charge in [0.05, 0.1) is 0 Å². The molecule has 2 heteroatoms. The molecule has 76 valence electrons. The predicted octanol–water partition coefficient (Wildman–Crippen LogP) is 2.16. The van der Waals surface area contributed by atoms with E-state index in [1.165, 1.54) is 0 Å². The molecule has 2 nitrogen and oxygen atoms in total. The van der Waals surface area contributed by atoms with Gasteiger partial charge in [0.15, 0.2) is 0 Å². The second kappa shape index (κ2) is 6.84. The third kappa shape index (κ3) is 6.52. The molecule has 0 aromatic carbocycles. The van der Waals surface area contributed by atoms with Crippen molar-refractivity contribution in [3.8, 4) is 0 Å². The van der Waals surface area contributed by atoms with Crippen LogP contribution in [0.3, 0.4) is 0 Å². The molecule has 13 heavy (non-hydrogen) atoms. The molecule has 0 aromatic heterocycles. The summed E-state index contributed by atoms with van der Waals surface area (Å²) in [4.78, 5) is 11.4. The normalized spacial score (nSPS) is 13.9. The van der Waals surface area contributed by atoms with Crippen molar-refractivity contribution < 1.29 is 4.79 Å². The Hall–Kier alpha value is -0.630. The van der Waals surface area contributed by atoms with Crippen LogP contribution in [0.4, 0.5) is 0 Å². The molecule has 0 amide bonds. The molecular weight excluding hydrogens is 162 g/mol. The molecule has 0 aromatic rings. The van der Waals surface area contributed by atoms with Gasteiger partial charge in [0.2, 0.25) is 0 Å². The Kier molecular flexibility index (Phi) is 6.51. The van der Waals surface area contributed by atoms with Crippen LogP contribution in [0, 0.1) is 5.92 Å². The average molecular weight is 183 g/mol. The Morgan fingerprint density at radius 2 is 2.00 bits per heavy atom. The summed E-state index contributed by atoms with van der Waals surface area (Å²) in [6.45, 7) is 8.84. The minimum Gasteiger partial charge on any atom is -0.314 e. The zero-order valence-electron chi connectivity index (χ0n) is 9.13. The van der Waals surface area contributed by atoms with E-state index in [0.29, 0.717) is 18.2 Å². The average Bonchev–Trinajstić information content (AvgIpc) is 2.04. The molecule has 0 rings (SSSR count). The Balaban J connectivity index is 3.62. The van der Waals surface area contributed by atoms with E-state index < -0.39 is 0 Å². The predicted molar refractivity (Wildman–Crippen MR) is 56.7 cm³/mol. The van der Waals surface area contributed by atoms with Crippen LogP contribution in [0.25, 0.3) is 0 Å². The van der Waals surface area contributed by atoms with Crippen molar-refractivity contribution in [3.63, 3.8) is 0 Å². The largest absolute Gasteiger partial charge is 0.314 e. The Bertz CT molecular complexity index is 173. The number of hydrogen-bond donors (Lipinski definition) is 1. The van der Waals surface area contributed by atoms with Gasteiger partial charge in [0, 0.05) is 24.9 Å². The summed E-state index contributed by atoms with van der Waals surface area (Å²) in [5.41, 5.74) is 0. The quantitative estimate of drug-likeness (QED) is 0.639. The number of carbonyl (C=O) groups is 1. The zero-order valence-corrected chi connectivity index (χ0v) is 9.13. The summed E-state index contributed by atoms with van der Waals surface area (Å²) in [6.07, 6.45) is 4.50. The fraction of sp³-hybridized carbons (Fsp3) is 0.727. The molecule has 0 saturated carbocycles. The fourth-order valence-electron chi connectivity index (χ4n) is 1.11. The van der Waals surface area contributed by atoms with Crippen molar-refractivity contribution in [1.82, 2.24) is 5.32 Å². The van der Waals surface area contributed by atoms with Gasteiger partial charge in [-0.15, -0.1) is 0 Å². The number of rotatable bonds is 6. The highest BCUT2D eigenvalue weighted by Crippen LogP contribution is 2.01. The van der Waals surface area contributed by atoms with Gasteiger partial charge in [-0.25, -0.2) is 0 Å². The number of hydrogen-bond acceptors (Lipinski definition) is 2. The summed E-state index contributed by atoms with van der Waals surface area (Å²) < 4.78 is 0.